The summed E-state index contributed by atoms with van der Waals surface area (Å²) in [7, 11) is 0. The molecule has 0 atom stereocenters. The van der Waals surface area contributed by atoms with Gasteiger partial charge in [0.15, 0.2) is 11.5 Å². The van der Waals surface area contributed by atoms with Crippen molar-refractivity contribution in [2.75, 3.05) is 6.61 Å². The molecule has 6 nitrogen and oxygen atoms in total. The lowest BCUT2D eigenvalue weighted by Gasteiger charge is -2.12. The Kier molecular flexibility index (Phi) is 7.31. The number of amides is 2. The summed E-state index contributed by atoms with van der Waals surface area (Å²) in [6, 6.07) is 17.6. The second-order valence-corrected chi connectivity index (χ2v) is 8.78. The Morgan fingerprint density at radius 1 is 1.00 bits per heavy atom. The van der Waals surface area contributed by atoms with E-state index in [-0.39, 0.29) is 23.0 Å². The number of carbonyl (C=O) groups is 3. The molecule has 8 heteroatoms. The van der Waals surface area contributed by atoms with Crippen LogP contribution in [0.5, 0.6) is 11.5 Å². The topological polar surface area (TPSA) is 72.9 Å². The molecule has 35 heavy (non-hydrogen) atoms. The van der Waals surface area contributed by atoms with E-state index in [0.29, 0.717) is 29.0 Å². The maximum absolute atomic E-state index is 13.1. The number of hydrogen-bond donors (Lipinski definition) is 0. The predicted molar refractivity (Wildman–Crippen MR) is 132 cm³/mol. The molecule has 0 unspecified atom stereocenters. The fourth-order valence-corrected chi connectivity index (χ4v) is 4.21. The van der Waals surface area contributed by atoms with Crippen molar-refractivity contribution in [2.45, 2.75) is 20.4 Å². The zero-order chi connectivity index (χ0) is 24.9. The summed E-state index contributed by atoms with van der Waals surface area (Å²) >= 11 is 0.830. The van der Waals surface area contributed by atoms with Crippen molar-refractivity contribution in [3.8, 4) is 11.5 Å². The van der Waals surface area contributed by atoms with Crippen LogP contribution in [0.4, 0.5) is 9.18 Å². The molecule has 0 aliphatic carbocycles. The lowest BCUT2D eigenvalue weighted by atomic mass is 10.1. The van der Waals surface area contributed by atoms with E-state index in [4.69, 9.17) is 9.47 Å². The summed E-state index contributed by atoms with van der Waals surface area (Å²) in [6.45, 7) is 4.13. The number of thioether (sulfide) groups is 1. The number of carbonyl (C=O) groups excluding carboxylic acids is 3. The molecule has 0 spiro atoms. The fourth-order valence-electron chi connectivity index (χ4n) is 3.38. The molecule has 0 saturated carbocycles. The van der Waals surface area contributed by atoms with Gasteiger partial charge >= 0.3 is 5.97 Å². The van der Waals surface area contributed by atoms with Crippen molar-refractivity contribution < 1.29 is 28.2 Å². The molecule has 0 N–H and O–H groups in total. The van der Waals surface area contributed by atoms with E-state index in [1.54, 1.807) is 43.3 Å². The number of esters is 1. The van der Waals surface area contributed by atoms with Crippen LogP contribution in [0, 0.1) is 12.7 Å². The van der Waals surface area contributed by atoms with Gasteiger partial charge in [-0.3, -0.25) is 14.5 Å². The zero-order valence-corrected chi connectivity index (χ0v) is 19.9. The third kappa shape index (κ3) is 5.78. The van der Waals surface area contributed by atoms with Gasteiger partial charge in [-0.15, -0.1) is 0 Å². The Morgan fingerprint density at radius 3 is 2.40 bits per heavy atom. The number of aryl methyl sites for hydroxylation is 1. The Hall–Kier alpha value is -3.91. The first kappa shape index (κ1) is 24.2. The van der Waals surface area contributed by atoms with Gasteiger partial charge in [-0.2, -0.15) is 0 Å². The lowest BCUT2D eigenvalue weighted by molar-refractivity contribution is -0.123. The van der Waals surface area contributed by atoms with Crippen LogP contribution in [0.1, 0.15) is 34.0 Å². The van der Waals surface area contributed by atoms with Gasteiger partial charge in [0, 0.05) is 0 Å². The van der Waals surface area contributed by atoms with Crippen LogP contribution in [-0.2, 0) is 11.3 Å². The number of imide groups is 1. The molecule has 1 aliphatic rings. The number of benzene rings is 3. The van der Waals surface area contributed by atoms with E-state index in [0.717, 1.165) is 22.2 Å². The highest BCUT2D eigenvalue weighted by molar-refractivity contribution is 8.18. The third-order valence-electron chi connectivity index (χ3n) is 5.18. The predicted octanol–water partition coefficient (Wildman–Crippen LogP) is 5.99. The first-order chi connectivity index (χ1) is 16.8. The Labute approximate surface area is 206 Å². The maximum Gasteiger partial charge on any atom is 0.343 e. The van der Waals surface area contributed by atoms with E-state index >= 15 is 0 Å². The zero-order valence-electron chi connectivity index (χ0n) is 19.1. The molecular formula is C27H22FNO5S. The van der Waals surface area contributed by atoms with Crippen LogP contribution < -0.4 is 9.47 Å². The number of rotatable bonds is 7. The smallest absolute Gasteiger partial charge is 0.343 e. The van der Waals surface area contributed by atoms with Gasteiger partial charge in [-0.1, -0.05) is 35.9 Å². The highest BCUT2D eigenvalue weighted by atomic mass is 32.2. The van der Waals surface area contributed by atoms with Crippen LogP contribution in [-0.4, -0.2) is 28.6 Å². The Bertz CT molecular complexity index is 1300. The number of nitrogens with zero attached hydrogens (tertiary/aromatic N) is 1. The van der Waals surface area contributed by atoms with E-state index in [2.05, 4.69) is 0 Å². The molecule has 1 saturated heterocycles. The van der Waals surface area contributed by atoms with Gasteiger partial charge in [-0.05, 0) is 79.2 Å². The molecular weight excluding hydrogens is 469 g/mol. The minimum Gasteiger partial charge on any atom is -0.490 e. The first-order valence-electron chi connectivity index (χ1n) is 10.9. The maximum atomic E-state index is 13.1. The molecule has 1 aliphatic heterocycles. The summed E-state index contributed by atoms with van der Waals surface area (Å²) in [5, 5.41) is -0.403. The van der Waals surface area contributed by atoms with Crippen LogP contribution in [0.15, 0.2) is 71.6 Å². The number of halogens is 1. The molecule has 2 amide bonds. The first-order valence-corrected chi connectivity index (χ1v) is 11.7. The Balaban J connectivity index is 1.52. The van der Waals surface area contributed by atoms with Crippen molar-refractivity contribution in [2.24, 2.45) is 0 Å². The van der Waals surface area contributed by atoms with Crippen LogP contribution in [0.2, 0.25) is 0 Å². The average Bonchev–Trinajstić information content (AvgIpc) is 3.10. The largest absolute Gasteiger partial charge is 0.490 e. The fraction of sp³-hybridized carbons (Fsp3) is 0.148. The van der Waals surface area contributed by atoms with Gasteiger partial charge in [0.05, 0.1) is 23.6 Å². The monoisotopic (exact) mass is 491 g/mol. The SMILES string of the molecule is CCOc1cc(/C=C2\SC(=O)N(Cc3ccc(F)cc3)C2=O)ccc1OC(=O)c1ccc(C)cc1. The normalized spacial score (nSPS) is 14.5. The molecule has 0 aromatic heterocycles. The Morgan fingerprint density at radius 2 is 1.71 bits per heavy atom. The number of hydrogen-bond acceptors (Lipinski definition) is 6. The molecule has 3 aromatic carbocycles. The highest BCUT2D eigenvalue weighted by Crippen LogP contribution is 2.35. The minimum absolute atomic E-state index is 0.0559. The van der Waals surface area contributed by atoms with Crippen molar-refractivity contribution in [3.05, 3.63) is 99.7 Å². The molecule has 0 bridgehead atoms. The van der Waals surface area contributed by atoms with Crippen LogP contribution >= 0.6 is 11.8 Å². The van der Waals surface area contributed by atoms with E-state index in [9.17, 15) is 18.8 Å². The molecule has 4 rings (SSSR count). The lowest BCUT2D eigenvalue weighted by Crippen LogP contribution is -2.27. The van der Waals surface area contributed by atoms with E-state index in [1.165, 1.54) is 24.3 Å². The van der Waals surface area contributed by atoms with Gasteiger partial charge in [0.1, 0.15) is 5.82 Å². The summed E-state index contributed by atoms with van der Waals surface area (Å²) in [5.74, 6) is -0.745. The quantitative estimate of drug-likeness (QED) is 0.230. The summed E-state index contributed by atoms with van der Waals surface area (Å²) in [4.78, 5) is 39.2. The second-order valence-electron chi connectivity index (χ2n) is 7.79. The van der Waals surface area contributed by atoms with Crippen LogP contribution in [0.25, 0.3) is 6.08 Å². The van der Waals surface area contributed by atoms with Gasteiger partial charge in [0.2, 0.25) is 0 Å². The molecule has 0 radical (unpaired) electrons. The molecule has 3 aromatic rings. The standard InChI is InChI=1S/C27H22FNO5S/c1-3-33-23-14-19(8-13-22(23)34-26(31)20-9-4-17(2)5-10-20)15-24-25(30)29(27(32)35-24)16-18-6-11-21(28)12-7-18/h4-15H,3,16H2,1-2H3/b24-15-. The van der Waals surface area contributed by atoms with E-state index < -0.39 is 17.1 Å². The molecule has 178 valence electrons. The summed E-state index contributed by atoms with van der Waals surface area (Å²) in [5.41, 5.74) is 2.70. The van der Waals surface area contributed by atoms with Gasteiger partial charge in [0.25, 0.3) is 11.1 Å². The van der Waals surface area contributed by atoms with Gasteiger partial charge < -0.3 is 9.47 Å². The van der Waals surface area contributed by atoms with E-state index in [1.807, 2.05) is 19.1 Å². The van der Waals surface area contributed by atoms with Crippen molar-refractivity contribution in [1.29, 1.82) is 0 Å². The summed E-state index contributed by atoms with van der Waals surface area (Å²) < 4.78 is 24.3. The van der Waals surface area contributed by atoms with Crippen molar-refractivity contribution in [3.63, 3.8) is 0 Å². The molecule has 1 heterocycles. The minimum atomic E-state index is -0.513. The summed E-state index contributed by atoms with van der Waals surface area (Å²) in [6.07, 6.45) is 1.59. The molecule has 1 fully saturated rings. The van der Waals surface area contributed by atoms with Gasteiger partial charge in [-0.25, -0.2) is 9.18 Å². The highest BCUT2D eigenvalue weighted by Gasteiger charge is 2.35. The van der Waals surface area contributed by atoms with Crippen molar-refractivity contribution >= 4 is 35.0 Å². The average molecular weight is 492 g/mol. The van der Waals surface area contributed by atoms with Crippen LogP contribution in [0.3, 0.4) is 0 Å². The third-order valence-corrected chi connectivity index (χ3v) is 6.09. The second kappa shape index (κ2) is 10.6. The van der Waals surface area contributed by atoms with Crippen molar-refractivity contribution in [1.82, 2.24) is 4.90 Å². The number of ether oxygens (including phenoxy) is 2.